The smallest absolute Gasteiger partial charge is 0.131 e. The van der Waals surface area contributed by atoms with E-state index < -0.39 is 0 Å². The van der Waals surface area contributed by atoms with Crippen LogP contribution in [-0.4, -0.2) is 9.97 Å². The van der Waals surface area contributed by atoms with E-state index in [4.69, 9.17) is 9.97 Å². The van der Waals surface area contributed by atoms with Gasteiger partial charge in [-0.25, -0.2) is 9.97 Å². The Morgan fingerprint density at radius 2 is 1.50 bits per heavy atom. The zero-order valence-corrected chi connectivity index (χ0v) is 12.9. The standard InChI is InChI=1S/C18H28N2/c1-2-14-8-10-15(11-9-14)17-12-19-18(20-13-17)16-6-4-3-5-7-16/h12-16H,2-11H2,1H3. The molecule has 0 radical (unpaired) electrons. The van der Waals surface area contributed by atoms with Crippen molar-refractivity contribution >= 4 is 0 Å². The lowest BCUT2D eigenvalue weighted by Crippen LogP contribution is -2.14. The first-order valence-corrected chi connectivity index (χ1v) is 8.68. The van der Waals surface area contributed by atoms with Crippen LogP contribution in [0.5, 0.6) is 0 Å². The van der Waals surface area contributed by atoms with Gasteiger partial charge in [0.25, 0.3) is 0 Å². The highest BCUT2D eigenvalue weighted by Crippen LogP contribution is 2.37. The molecule has 2 aliphatic carbocycles. The quantitative estimate of drug-likeness (QED) is 0.755. The third kappa shape index (κ3) is 3.21. The van der Waals surface area contributed by atoms with Crippen molar-refractivity contribution in [1.82, 2.24) is 9.97 Å². The summed E-state index contributed by atoms with van der Waals surface area (Å²) in [5.74, 6) is 3.43. The van der Waals surface area contributed by atoms with Crippen LogP contribution < -0.4 is 0 Å². The van der Waals surface area contributed by atoms with E-state index in [9.17, 15) is 0 Å². The average molecular weight is 272 g/mol. The van der Waals surface area contributed by atoms with Crippen LogP contribution >= 0.6 is 0 Å². The third-order valence-electron chi connectivity index (χ3n) is 5.56. The molecular weight excluding hydrogens is 244 g/mol. The first-order chi connectivity index (χ1) is 9.86. The molecule has 2 saturated carbocycles. The Morgan fingerprint density at radius 1 is 0.850 bits per heavy atom. The third-order valence-corrected chi connectivity index (χ3v) is 5.56. The summed E-state index contributed by atoms with van der Waals surface area (Å²) < 4.78 is 0. The summed E-state index contributed by atoms with van der Waals surface area (Å²) in [7, 11) is 0. The van der Waals surface area contributed by atoms with Crippen molar-refractivity contribution in [3.05, 3.63) is 23.8 Å². The molecule has 0 amide bonds. The number of hydrogen-bond acceptors (Lipinski definition) is 2. The van der Waals surface area contributed by atoms with Crippen molar-refractivity contribution in [1.29, 1.82) is 0 Å². The normalized spacial score (nSPS) is 28.4. The van der Waals surface area contributed by atoms with Gasteiger partial charge in [0.15, 0.2) is 0 Å². The monoisotopic (exact) mass is 272 g/mol. The van der Waals surface area contributed by atoms with E-state index in [1.165, 1.54) is 69.8 Å². The first-order valence-electron chi connectivity index (χ1n) is 8.68. The van der Waals surface area contributed by atoms with Crippen LogP contribution in [0.1, 0.15) is 94.4 Å². The summed E-state index contributed by atoms with van der Waals surface area (Å²) in [6.07, 6.45) is 17.8. The van der Waals surface area contributed by atoms with Gasteiger partial charge < -0.3 is 0 Å². The van der Waals surface area contributed by atoms with Crippen molar-refractivity contribution in [2.24, 2.45) is 5.92 Å². The molecule has 3 rings (SSSR count). The van der Waals surface area contributed by atoms with E-state index in [0.717, 1.165) is 17.7 Å². The van der Waals surface area contributed by atoms with Crippen LogP contribution in [0.3, 0.4) is 0 Å². The molecule has 0 bridgehead atoms. The fourth-order valence-corrected chi connectivity index (χ4v) is 4.03. The molecule has 2 fully saturated rings. The van der Waals surface area contributed by atoms with Crippen LogP contribution in [0.2, 0.25) is 0 Å². The second kappa shape index (κ2) is 6.69. The summed E-state index contributed by atoms with van der Waals surface area (Å²) in [6.45, 7) is 2.33. The molecule has 0 spiro atoms. The minimum Gasteiger partial charge on any atom is -0.241 e. The highest BCUT2D eigenvalue weighted by atomic mass is 14.9. The molecule has 0 N–H and O–H groups in total. The first kappa shape index (κ1) is 14.0. The van der Waals surface area contributed by atoms with Crippen molar-refractivity contribution in [2.45, 2.75) is 83.0 Å². The summed E-state index contributed by atoms with van der Waals surface area (Å²) in [5.41, 5.74) is 1.39. The Balaban J connectivity index is 1.61. The average Bonchev–Trinajstić information content (AvgIpc) is 2.56. The molecule has 1 heterocycles. The lowest BCUT2D eigenvalue weighted by atomic mass is 9.78. The predicted molar refractivity (Wildman–Crippen MR) is 82.8 cm³/mol. The SMILES string of the molecule is CCC1CCC(c2cnc(C3CCCCC3)nc2)CC1. The van der Waals surface area contributed by atoms with Gasteiger partial charge in [0, 0.05) is 18.3 Å². The van der Waals surface area contributed by atoms with Crippen LogP contribution in [-0.2, 0) is 0 Å². The maximum absolute atomic E-state index is 4.71. The van der Waals surface area contributed by atoms with Gasteiger partial charge in [-0.05, 0) is 55.9 Å². The summed E-state index contributed by atoms with van der Waals surface area (Å²) in [6, 6.07) is 0. The van der Waals surface area contributed by atoms with E-state index in [-0.39, 0.29) is 0 Å². The zero-order chi connectivity index (χ0) is 13.8. The Bertz CT molecular complexity index is 398. The second-order valence-corrected chi connectivity index (χ2v) is 6.84. The van der Waals surface area contributed by atoms with Crippen LogP contribution in [0.15, 0.2) is 12.4 Å². The minimum atomic E-state index is 0.633. The fraction of sp³-hybridized carbons (Fsp3) is 0.778. The molecule has 0 aromatic carbocycles. The Hall–Kier alpha value is -0.920. The van der Waals surface area contributed by atoms with Gasteiger partial charge in [-0.1, -0.05) is 32.6 Å². The molecule has 2 aliphatic rings. The van der Waals surface area contributed by atoms with Gasteiger partial charge >= 0.3 is 0 Å². The van der Waals surface area contributed by atoms with E-state index >= 15 is 0 Å². The topological polar surface area (TPSA) is 25.8 Å². The maximum Gasteiger partial charge on any atom is 0.131 e. The highest BCUT2D eigenvalue weighted by molar-refractivity contribution is 5.14. The molecule has 1 aromatic rings. The maximum atomic E-state index is 4.71. The van der Waals surface area contributed by atoms with Gasteiger partial charge in [0.2, 0.25) is 0 Å². The van der Waals surface area contributed by atoms with Crippen molar-refractivity contribution in [2.75, 3.05) is 0 Å². The summed E-state index contributed by atoms with van der Waals surface area (Å²) in [4.78, 5) is 9.41. The minimum absolute atomic E-state index is 0.633. The largest absolute Gasteiger partial charge is 0.241 e. The number of rotatable bonds is 3. The highest BCUT2D eigenvalue weighted by Gasteiger charge is 2.23. The second-order valence-electron chi connectivity index (χ2n) is 6.84. The van der Waals surface area contributed by atoms with Gasteiger partial charge in [-0.2, -0.15) is 0 Å². The number of nitrogens with zero attached hydrogens (tertiary/aromatic N) is 2. The predicted octanol–water partition coefficient (Wildman–Crippen LogP) is 5.21. The number of hydrogen-bond donors (Lipinski definition) is 0. The molecule has 2 nitrogen and oxygen atoms in total. The Morgan fingerprint density at radius 3 is 2.10 bits per heavy atom. The van der Waals surface area contributed by atoms with Crippen LogP contribution in [0.25, 0.3) is 0 Å². The van der Waals surface area contributed by atoms with E-state index in [1.54, 1.807) is 0 Å². The molecule has 0 aliphatic heterocycles. The van der Waals surface area contributed by atoms with Gasteiger partial charge in [0.1, 0.15) is 5.82 Å². The molecule has 0 saturated heterocycles. The molecule has 20 heavy (non-hydrogen) atoms. The van der Waals surface area contributed by atoms with Crippen LogP contribution in [0, 0.1) is 5.92 Å². The van der Waals surface area contributed by atoms with Gasteiger partial charge in [0.05, 0.1) is 0 Å². The van der Waals surface area contributed by atoms with E-state index in [2.05, 4.69) is 19.3 Å². The number of aromatic nitrogens is 2. The molecule has 0 atom stereocenters. The molecular formula is C18H28N2. The van der Waals surface area contributed by atoms with Gasteiger partial charge in [-0.15, -0.1) is 0 Å². The van der Waals surface area contributed by atoms with E-state index in [0.29, 0.717) is 5.92 Å². The van der Waals surface area contributed by atoms with Crippen molar-refractivity contribution in [3.63, 3.8) is 0 Å². The zero-order valence-electron chi connectivity index (χ0n) is 12.9. The summed E-state index contributed by atoms with van der Waals surface area (Å²) >= 11 is 0. The molecule has 2 heteroatoms. The van der Waals surface area contributed by atoms with Gasteiger partial charge in [-0.3, -0.25) is 0 Å². The summed E-state index contributed by atoms with van der Waals surface area (Å²) in [5, 5.41) is 0. The van der Waals surface area contributed by atoms with Crippen molar-refractivity contribution in [3.8, 4) is 0 Å². The molecule has 0 unspecified atom stereocenters. The molecule has 110 valence electrons. The fourth-order valence-electron chi connectivity index (χ4n) is 4.03. The van der Waals surface area contributed by atoms with Crippen molar-refractivity contribution < 1.29 is 0 Å². The Kier molecular flexibility index (Phi) is 4.69. The lowest BCUT2D eigenvalue weighted by Gasteiger charge is -2.28. The Labute approximate surface area is 123 Å². The van der Waals surface area contributed by atoms with Crippen LogP contribution in [0.4, 0.5) is 0 Å². The molecule has 1 aromatic heterocycles. The lowest BCUT2D eigenvalue weighted by molar-refractivity contribution is 0.318. The van der Waals surface area contributed by atoms with E-state index in [1.807, 2.05) is 0 Å².